The Morgan fingerprint density at radius 1 is 1.00 bits per heavy atom. The monoisotopic (exact) mass is 510 g/mol. The van der Waals surface area contributed by atoms with Gasteiger partial charge in [0.05, 0.1) is 16.9 Å². The molecule has 4 aromatic rings. The van der Waals surface area contributed by atoms with Gasteiger partial charge < -0.3 is 15.4 Å². The van der Waals surface area contributed by atoms with E-state index in [1.54, 1.807) is 0 Å². The first-order chi connectivity index (χ1) is 18.2. The predicted molar refractivity (Wildman–Crippen MR) is 150 cm³/mol. The largest absolute Gasteiger partial charge is 0.444 e. The van der Waals surface area contributed by atoms with Gasteiger partial charge in [0.2, 0.25) is 5.91 Å². The second-order valence-corrected chi connectivity index (χ2v) is 10.9. The molecule has 2 aromatic heterocycles. The molecule has 196 valence electrons. The molecular formula is C31H34N4O3. The van der Waals surface area contributed by atoms with Crippen LogP contribution in [0.2, 0.25) is 0 Å². The molecule has 0 bridgehead atoms. The van der Waals surface area contributed by atoms with E-state index in [2.05, 4.69) is 51.4 Å². The quantitative estimate of drug-likeness (QED) is 0.295. The van der Waals surface area contributed by atoms with Gasteiger partial charge in [-0.15, -0.1) is 0 Å². The lowest BCUT2D eigenvalue weighted by molar-refractivity contribution is -0.115. The Bertz CT molecular complexity index is 1460. The van der Waals surface area contributed by atoms with Crippen molar-refractivity contribution in [2.24, 2.45) is 0 Å². The lowest BCUT2D eigenvalue weighted by Crippen LogP contribution is -2.52. The number of hydrogen-bond acceptors (Lipinski definition) is 4. The van der Waals surface area contributed by atoms with Crippen LogP contribution in [-0.2, 0) is 15.1 Å². The number of ether oxygens (including phenoxy) is 1. The number of aromatic nitrogens is 2. The van der Waals surface area contributed by atoms with E-state index in [1.807, 2.05) is 64.2 Å². The van der Waals surface area contributed by atoms with Crippen LogP contribution in [0.1, 0.15) is 58.9 Å². The van der Waals surface area contributed by atoms with Crippen LogP contribution in [0.25, 0.3) is 28.2 Å². The number of nitrogens with zero attached hydrogens (tertiary/aromatic N) is 2. The summed E-state index contributed by atoms with van der Waals surface area (Å²) in [6, 6.07) is 22.3. The second kappa shape index (κ2) is 9.97. The molecule has 1 fully saturated rings. The van der Waals surface area contributed by atoms with E-state index in [1.165, 1.54) is 0 Å². The molecule has 7 heteroatoms. The highest BCUT2D eigenvalue weighted by Crippen LogP contribution is 2.42. The Balaban J connectivity index is 1.51. The fourth-order valence-corrected chi connectivity index (χ4v) is 4.91. The number of pyridine rings is 1. The van der Waals surface area contributed by atoms with Gasteiger partial charge >= 0.3 is 6.09 Å². The smallest absolute Gasteiger partial charge is 0.408 e. The normalized spacial score (nSPS) is 14.5. The van der Waals surface area contributed by atoms with Crippen LogP contribution in [-0.4, -0.2) is 27.0 Å². The molecule has 2 N–H and O–H groups in total. The van der Waals surface area contributed by atoms with Crippen molar-refractivity contribution in [3.63, 3.8) is 0 Å². The van der Waals surface area contributed by atoms with Crippen molar-refractivity contribution in [1.29, 1.82) is 0 Å². The third-order valence-electron chi connectivity index (χ3n) is 6.94. The van der Waals surface area contributed by atoms with E-state index < -0.39 is 11.1 Å². The molecule has 38 heavy (non-hydrogen) atoms. The van der Waals surface area contributed by atoms with Crippen molar-refractivity contribution in [3.05, 3.63) is 78.5 Å². The van der Waals surface area contributed by atoms with E-state index >= 15 is 0 Å². The van der Waals surface area contributed by atoms with Crippen LogP contribution >= 0.6 is 0 Å². The molecule has 1 aliphatic carbocycles. The SMILES string of the molecule is CCC(=O)Nc1ccn2c(-c3ccccc3)c(-c3ccc(C4(NC(=O)OC(C)(C)C)CCC4)cc3)nc2c1. The van der Waals surface area contributed by atoms with Crippen LogP contribution in [0.15, 0.2) is 72.9 Å². The van der Waals surface area contributed by atoms with Crippen molar-refractivity contribution in [2.45, 2.75) is 64.5 Å². The standard InChI is InChI=1S/C31H34N4O3/c1-5-26(36)32-24-16-19-35-25(20-24)33-27(28(35)22-10-7-6-8-11-22)21-12-14-23(15-13-21)31(17-9-18-31)34-29(37)38-30(2,3)4/h6-8,10-16,19-20H,5,9,17-18H2,1-4H3,(H,32,36)(H,34,37). The Labute approximate surface area is 223 Å². The number of carbonyl (C=O) groups excluding carboxylic acids is 2. The minimum atomic E-state index is -0.547. The Kier molecular flexibility index (Phi) is 6.69. The number of fused-ring (bicyclic) bond motifs is 1. The molecule has 0 aliphatic heterocycles. The average molecular weight is 511 g/mol. The van der Waals surface area contributed by atoms with Gasteiger partial charge in [0.1, 0.15) is 11.2 Å². The van der Waals surface area contributed by atoms with Crippen LogP contribution < -0.4 is 10.6 Å². The summed E-state index contributed by atoms with van der Waals surface area (Å²) in [6.07, 6.45) is 4.78. The molecule has 1 saturated carbocycles. The molecule has 0 atom stereocenters. The first kappa shape index (κ1) is 25.5. The Morgan fingerprint density at radius 2 is 1.71 bits per heavy atom. The molecule has 0 saturated heterocycles. The number of alkyl carbamates (subject to hydrolysis) is 1. The fraction of sp³-hybridized carbons (Fsp3) is 0.323. The van der Waals surface area contributed by atoms with Gasteiger partial charge in [-0.2, -0.15) is 0 Å². The summed E-state index contributed by atoms with van der Waals surface area (Å²) in [4.78, 5) is 29.5. The lowest BCUT2D eigenvalue weighted by Gasteiger charge is -2.43. The average Bonchev–Trinajstić information content (AvgIpc) is 3.24. The Morgan fingerprint density at radius 3 is 2.32 bits per heavy atom. The fourth-order valence-electron chi connectivity index (χ4n) is 4.91. The number of hydrogen-bond donors (Lipinski definition) is 2. The van der Waals surface area contributed by atoms with E-state index in [-0.39, 0.29) is 12.0 Å². The van der Waals surface area contributed by atoms with Crippen molar-refractivity contribution in [2.75, 3.05) is 5.32 Å². The number of nitrogens with one attached hydrogen (secondary N) is 2. The second-order valence-electron chi connectivity index (χ2n) is 10.9. The van der Waals surface area contributed by atoms with Crippen molar-refractivity contribution >= 4 is 23.3 Å². The summed E-state index contributed by atoms with van der Waals surface area (Å²) in [5, 5.41) is 6.05. The maximum atomic E-state index is 12.6. The van der Waals surface area contributed by atoms with Crippen molar-refractivity contribution < 1.29 is 14.3 Å². The van der Waals surface area contributed by atoms with Crippen LogP contribution in [0.4, 0.5) is 10.5 Å². The highest BCUT2D eigenvalue weighted by atomic mass is 16.6. The Hall–Kier alpha value is -4.13. The highest BCUT2D eigenvalue weighted by Gasteiger charge is 2.41. The maximum Gasteiger partial charge on any atom is 0.408 e. The zero-order chi connectivity index (χ0) is 26.9. The van der Waals surface area contributed by atoms with Gasteiger partial charge in [-0.05, 0) is 51.7 Å². The van der Waals surface area contributed by atoms with Gasteiger partial charge in [-0.3, -0.25) is 9.20 Å². The molecule has 2 heterocycles. The summed E-state index contributed by atoms with van der Waals surface area (Å²) in [5.41, 5.74) is 5.43. The number of benzene rings is 2. The number of carbonyl (C=O) groups is 2. The van der Waals surface area contributed by atoms with Crippen LogP contribution in [0.3, 0.4) is 0 Å². The number of amides is 2. The predicted octanol–water partition coefficient (Wildman–Crippen LogP) is 6.92. The van der Waals surface area contributed by atoms with Gasteiger partial charge in [-0.1, -0.05) is 61.5 Å². The van der Waals surface area contributed by atoms with E-state index in [9.17, 15) is 9.59 Å². The van der Waals surface area contributed by atoms with E-state index in [0.29, 0.717) is 6.42 Å². The number of rotatable bonds is 6. The van der Waals surface area contributed by atoms with Crippen molar-refractivity contribution in [3.8, 4) is 22.5 Å². The topological polar surface area (TPSA) is 84.7 Å². The van der Waals surface area contributed by atoms with Gasteiger partial charge in [0, 0.05) is 35.5 Å². The zero-order valence-corrected chi connectivity index (χ0v) is 22.4. The molecule has 1 aliphatic rings. The number of anilines is 1. The highest BCUT2D eigenvalue weighted by molar-refractivity contribution is 5.91. The number of imidazole rings is 1. The molecule has 0 spiro atoms. The lowest BCUT2D eigenvalue weighted by atomic mass is 9.71. The maximum absolute atomic E-state index is 12.6. The molecule has 7 nitrogen and oxygen atoms in total. The van der Waals surface area contributed by atoms with E-state index in [0.717, 1.165) is 58.7 Å². The molecule has 0 unspecified atom stereocenters. The van der Waals surface area contributed by atoms with Gasteiger partial charge in [-0.25, -0.2) is 9.78 Å². The van der Waals surface area contributed by atoms with Gasteiger partial charge in [0.25, 0.3) is 0 Å². The summed E-state index contributed by atoms with van der Waals surface area (Å²) < 4.78 is 7.59. The molecule has 2 amide bonds. The molecular weight excluding hydrogens is 476 g/mol. The van der Waals surface area contributed by atoms with Crippen LogP contribution in [0, 0.1) is 0 Å². The van der Waals surface area contributed by atoms with Crippen molar-refractivity contribution in [1.82, 2.24) is 14.7 Å². The molecule has 2 aromatic carbocycles. The summed E-state index contributed by atoms with van der Waals surface area (Å²) in [7, 11) is 0. The first-order valence-corrected chi connectivity index (χ1v) is 13.2. The first-order valence-electron chi connectivity index (χ1n) is 13.2. The third kappa shape index (κ3) is 5.14. The molecule has 0 radical (unpaired) electrons. The molecule has 5 rings (SSSR count). The summed E-state index contributed by atoms with van der Waals surface area (Å²) in [6.45, 7) is 7.44. The van der Waals surface area contributed by atoms with Crippen LogP contribution in [0.5, 0.6) is 0 Å². The summed E-state index contributed by atoms with van der Waals surface area (Å²) >= 11 is 0. The van der Waals surface area contributed by atoms with E-state index in [4.69, 9.17) is 9.72 Å². The minimum absolute atomic E-state index is 0.0371. The van der Waals surface area contributed by atoms with Gasteiger partial charge in [0.15, 0.2) is 0 Å². The minimum Gasteiger partial charge on any atom is -0.444 e. The third-order valence-corrected chi connectivity index (χ3v) is 6.94. The summed E-state index contributed by atoms with van der Waals surface area (Å²) in [5.74, 6) is -0.0371. The zero-order valence-electron chi connectivity index (χ0n) is 22.4.